The molecule has 0 unspecified atom stereocenters. The van der Waals surface area contributed by atoms with Gasteiger partial charge in [-0.25, -0.2) is 0 Å². The maximum absolute atomic E-state index is 12.1. The summed E-state index contributed by atoms with van der Waals surface area (Å²) in [7, 11) is 1.51. The highest BCUT2D eigenvalue weighted by atomic mass is 16.5. The fraction of sp³-hybridized carbons (Fsp3) is 0.308. The third-order valence-corrected chi connectivity index (χ3v) is 2.96. The molecule has 1 aromatic rings. The van der Waals surface area contributed by atoms with Crippen LogP contribution < -0.4 is 11.1 Å². The van der Waals surface area contributed by atoms with Gasteiger partial charge in [-0.3, -0.25) is 19.3 Å². The van der Waals surface area contributed by atoms with Crippen molar-refractivity contribution in [2.24, 2.45) is 0 Å². The second-order valence-corrected chi connectivity index (χ2v) is 4.31. The topological polar surface area (TPSA) is 102 Å². The fourth-order valence-electron chi connectivity index (χ4n) is 2.00. The van der Waals surface area contributed by atoms with Crippen molar-refractivity contribution in [3.05, 3.63) is 29.3 Å². The van der Waals surface area contributed by atoms with Crippen molar-refractivity contribution in [2.45, 2.75) is 0 Å². The van der Waals surface area contributed by atoms with E-state index >= 15 is 0 Å². The zero-order valence-corrected chi connectivity index (χ0v) is 11.0. The predicted molar refractivity (Wildman–Crippen MR) is 71.1 cm³/mol. The molecule has 0 saturated heterocycles. The monoisotopic (exact) mass is 277 g/mol. The molecule has 0 radical (unpaired) electrons. The Kier molecular flexibility index (Phi) is 3.99. The normalized spacial score (nSPS) is 13.6. The number of nitrogens with one attached hydrogen (secondary N) is 1. The minimum Gasteiger partial charge on any atom is -0.398 e. The van der Waals surface area contributed by atoms with Crippen molar-refractivity contribution in [2.75, 3.05) is 32.5 Å². The molecule has 20 heavy (non-hydrogen) atoms. The molecule has 1 aliphatic heterocycles. The highest BCUT2D eigenvalue weighted by Gasteiger charge is 2.37. The van der Waals surface area contributed by atoms with Crippen LogP contribution in [0.3, 0.4) is 0 Å². The number of methoxy groups -OCH3 is 1. The van der Waals surface area contributed by atoms with E-state index in [0.717, 1.165) is 4.90 Å². The molecule has 0 saturated carbocycles. The lowest BCUT2D eigenvalue weighted by atomic mass is 10.1. The lowest BCUT2D eigenvalue weighted by Gasteiger charge is -2.13. The minimum absolute atomic E-state index is 0.169. The van der Waals surface area contributed by atoms with E-state index in [2.05, 4.69) is 5.32 Å². The minimum atomic E-state index is -0.537. The van der Waals surface area contributed by atoms with Crippen molar-refractivity contribution < 1.29 is 19.1 Å². The quantitative estimate of drug-likeness (QED) is 0.434. The van der Waals surface area contributed by atoms with Gasteiger partial charge in [0.05, 0.1) is 17.7 Å². The lowest BCUT2D eigenvalue weighted by Crippen LogP contribution is -2.41. The number of carbonyl (C=O) groups excluding carboxylic acids is 3. The van der Waals surface area contributed by atoms with E-state index in [1.165, 1.54) is 13.2 Å². The zero-order valence-electron chi connectivity index (χ0n) is 11.0. The van der Waals surface area contributed by atoms with Crippen LogP contribution in [0.4, 0.5) is 5.69 Å². The Hall–Kier alpha value is -2.41. The zero-order chi connectivity index (χ0) is 14.7. The third-order valence-electron chi connectivity index (χ3n) is 2.96. The number of ether oxygens (including phenoxy) is 1. The smallest absolute Gasteiger partial charge is 0.264 e. The lowest BCUT2D eigenvalue weighted by molar-refractivity contribution is -0.121. The van der Waals surface area contributed by atoms with Crippen LogP contribution >= 0.6 is 0 Å². The van der Waals surface area contributed by atoms with Crippen LogP contribution in [0, 0.1) is 0 Å². The van der Waals surface area contributed by atoms with Crippen LogP contribution in [0.2, 0.25) is 0 Å². The summed E-state index contributed by atoms with van der Waals surface area (Å²) >= 11 is 0. The Bertz CT molecular complexity index is 571. The first-order chi connectivity index (χ1) is 9.56. The molecule has 7 heteroatoms. The number of hydrogen-bond donors (Lipinski definition) is 2. The number of carbonyl (C=O) groups is 3. The van der Waals surface area contributed by atoms with E-state index in [4.69, 9.17) is 10.5 Å². The number of hydrogen-bond acceptors (Lipinski definition) is 5. The first-order valence-electron chi connectivity index (χ1n) is 6.06. The number of imide groups is 1. The van der Waals surface area contributed by atoms with E-state index < -0.39 is 17.7 Å². The van der Waals surface area contributed by atoms with Crippen molar-refractivity contribution in [1.82, 2.24) is 10.2 Å². The summed E-state index contributed by atoms with van der Waals surface area (Å²) < 4.78 is 4.79. The number of anilines is 1. The van der Waals surface area contributed by atoms with E-state index in [0.29, 0.717) is 13.2 Å². The van der Waals surface area contributed by atoms with Crippen LogP contribution in [0.15, 0.2) is 18.2 Å². The Morgan fingerprint density at radius 1 is 1.35 bits per heavy atom. The molecule has 0 aromatic heterocycles. The number of benzene rings is 1. The van der Waals surface area contributed by atoms with Crippen molar-refractivity contribution >= 4 is 23.4 Å². The number of rotatable bonds is 5. The number of fused-ring (bicyclic) bond motifs is 1. The summed E-state index contributed by atoms with van der Waals surface area (Å²) in [6, 6.07) is 4.67. The Labute approximate surface area is 115 Å². The Balaban J connectivity index is 2.09. The van der Waals surface area contributed by atoms with Gasteiger partial charge in [-0.2, -0.15) is 0 Å². The van der Waals surface area contributed by atoms with Gasteiger partial charge in [0, 0.05) is 19.3 Å². The molecular formula is C13H15N3O4. The molecule has 0 bridgehead atoms. The molecule has 0 aliphatic carbocycles. The van der Waals surface area contributed by atoms with Gasteiger partial charge in [0.25, 0.3) is 11.8 Å². The summed E-state index contributed by atoms with van der Waals surface area (Å²) in [5.74, 6) is -1.46. The molecule has 3 N–H and O–H groups in total. The molecule has 1 heterocycles. The third kappa shape index (κ3) is 2.48. The molecule has 106 valence electrons. The van der Waals surface area contributed by atoms with Gasteiger partial charge in [0.15, 0.2) is 0 Å². The maximum atomic E-state index is 12.1. The average molecular weight is 277 g/mol. The standard InChI is InChI=1S/C13H15N3O4/c1-20-6-5-15-10(17)7-16-12(18)8-3-2-4-9(14)11(8)13(16)19/h2-4H,5-7,14H2,1H3,(H,15,17). The largest absolute Gasteiger partial charge is 0.398 e. The first kappa shape index (κ1) is 14.0. The van der Waals surface area contributed by atoms with Crippen LogP contribution in [0.25, 0.3) is 0 Å². The number of amides is 3. The highest BCUT2D eigenvalue weighted by molar-refractivity contribution is 6.24. The summed E-state index contributed by atoms with van der Waals surface area (Å²) in [6.45, 7) is 0.358. The Morgan fingerprint density at radius 2 is 2.10 bits per heavy atom. The van der Waals surface area contributed by atoms with E-state index in [1.807, 2.05) is 0 Å². The summed E-state index contributed by atoms with van der Waals surface area (Å²) in [5.41, 5.74) is 6.34. The number of nitrogen functional groups attached to an aromatic ring is 1. The van der Waals surface area contributed by atoms with Crippen LogP contribution in [-0.4, -0.2) is 49.4 Å². The van der Waals surface area contributed by atoms with Gasteiger partial charge in [0.1, 0.15) is 6.54 Å². The molecule has 2 rings (SSSR count). The summed E-state index contributed by atoms with van der Waals surface area (Å²) in [6.07, 6.45) is 0. The second-order valence-electron chi connectivity index (χ2n) is 4.31. The SMILES string of the molecule is COCCNC(=O)CN1C(=O)c2cccc(N)c2C1=O. The van der Waals surface area contributed by atoms with Crippen LogP contribution in [0.1, 0.15) is 20.7 Å². The van der Waals surface area contributed by atoms with Crippen molar-refractivity contribution in [1.29, 1.82) is 0 Å². The average Bonchev–Trinajstić information content (AvgIpc) is 2.65. The van der Waals surface area contributed by atoms with Crippen LogP contribution in [-0.2, 0) is 9.53 Å². The highest BCUT2D eigenvalue weighted by Crippen LogP contribution is 2.27. The molecule has 0 fully saturated rings. The molecule has 0 atom stereocenters. The van der Waals surface area contributed by atoms with Gasteiger partial charge in [-0.05, 0) is 12.1 Å². The Morgan fingerprint density at radius 3 is 2.75 bits per heavy atom. The van der Waals surface area contributed by atoms with Gasteiger partial charge in [-0.15, -0.1) is 0 Å². The fourth-order valence-corrected chi connectivity index (χ4v) is 2.00. The van der Waals surface area contributed by atoms with E-state index in [9.17, 15) is 14.4 Å². The second kappa shape index (κ2) is 5.70. The van der Waals surface area contributed by atoms with Gasteiger partial charge in [0.2, 0.25) is 5.91 Å². The number of nitrogens with two attached hydrogens (primary N) is 1. The van der Waals surface area contributed by atoms with Crippen molar-refractivity contribution in [3.63, 3.8) is 0 Å². The molecule has 1 aromatic carbocycles. The molecule has 1 aliphatic rings. The van der Waals surface area contributed by atoms with Gasteiger partial charge >= 0.3 is 0 Å². The van der Waals surface area contributed by atoms with E-state index in [1.54, 1.807) is 12.1 Å². The van der Waals surface area contributed by atoms with E-state index in [-0.39, 0.29) is 23.4 Å². The van der Waals surface area contributed by atoms with Gasteiger partial charge < -0.3 is 15.8 Å². The number of nitrogens with zero attached hydrogens (tertiary/aromatic N) is 1. The molecule has 7 nitrogen and oxygen atoms in total. The summed E-state index contributed by atoms with van der Waals surface area (Å²) in [5, 5.41) is 2.55. The van der Waals surface area contributed by atoms with Crippen LogP contribution in [0.5, 0.6) is 0 Å². The molecular weight excluding hydrogens is 262 g/mol. The molecule has 3 amide bonds. The first-order valence-corrected chi connectivity index (χ1v) is 6.06. The van der Waals surface area contributed by atoms with Gasteiger partial charge in [-0.1, -0.05) is 6.07 Å². The maximum Gasteiger partial charge on any atom is 0.264 e. The molecule has 0 spiro atoms. The van der Waals surface area contributed by atoms with Crippen molar-refractivity contribution in [3.8, 4) is 0 Å². The predicted octanol–water partition coefficient (Wildman–Crippen LogP) is -0.373. The summed E-state index contributed by atoms with van der Waals surface area (Å²) in [4.78, 5) is 36.7.